The van der Waals surface area contributed by atoms with E-state index in [9.17, 15) is 14.7 Å². The molecule has 2 aromatic rings. The summed E-state index contributed by atoms with van der Waals surface area (Å²) in [6, 6.07) is 11.8. The van der Waals surface area contributed by atoms with E-state index in [1.807, 2.05) is 13.0 Å². The van der Waals surface area contributed by atoms with Crippen molar-refractivity contribution in [1.29, 1.82) is 0 Å². The Morgan fingerprint density at radius 3 is 2.38 bits per heavy atom. The Bertz CT molecular complexity index is 743. The Hall–Kier alpha value is -2.18. The molecule has 2 rings (SSSR count). The van der Waals surface area contributed by atoms with Crippen LogP contribution in [0.5, 0.6) is 5.75 Å². The van der Waals surface area contributed by atoms with Gasteiger partial charge in [-0.3, -0.25) is 14.5 Å². The second-order valence-corrected chi connectivity index (χ2v) is 6.06. The number of carbonyl (C=O) groups excluding carboxylic acids is 2. The normalized spacial score (nSPS) is 10.3. The molecule has 2 amide bonds. The number of carbonyl (C=O) groups is 2. The van der Waals surface area contributed by atoms with Gasteiger partial charge in [0.15, 0.2) is 0 Å². The lowest BCUT2D eigenvalue weighted by Crippen LogP contribution is -2.39. The number of methoxy groups -OCH3 is 1. The summed E-state index contributed by atoms with van der Waals surface area (Å²) in [5.41, 5.74) is 1.45. The minimum Gasteiger partial charge on any atom is -0.496 e. The summed E-state index contributed by atoms with van der Waals surface area (Å²) in [6.07, 6.45) is 0. The third kappa shape index (κ3) is 3.83. The van der Waals surface area contributed by atoms with E-state index in [4.69, 9.17) is 4.74 Å². The van der Waals surface area contributed by atoms with E-state index >= 15 is 0 Å². The Morgan fingerprint density at radius 2 is 1.79 bits per heavy atom. The number of para-hydroxylation sites is 1. The van der Waals surface area contributed by atoms with Crippen LogP contribution in [0.25, 0.3) is 0 Å². The zero-order chi connectivity index (χ0) is 17.7. The molecule has 1 N–H and O–H groups in total. The van der Waals surface area contributed by atoms with Crippen molar-refractivity contribution in [1.82, 2.24) is 4.90 Å². The molecule has 0 aliphatic rings. The largest absolute Gasteiger partial charge is 0.496 e. The first-order chi connectivity index (χ1) is 11.5. The molecule has 0 aliphatic heterocycles. The highest BCUT2D eigenvalue weighted by molar-refractivity contribution is 9.10. The highest BCUT2D eigenvalue weighted by Crippen LogP contribution is 2.25. The Labute approximate surface area is 149 Å². The summed E-state index contributed by atoms with van der Waals surface area (Å²) in [7, 11) is 1.48. The zero-order valence-corrected chi connectivity index (χ0v) is 15.0. The van der Waals surface area contributed by atoms with Gasteiger partial charge in [0.1, 0.15) is 5.75 Å². The van der Waals surface area contributed by atoms with E-state index in [2.05, 4.69) is 15.9 Å². The van der Waals surface area contributed by atoms with Crippen molar-refractivity contribution in [3.63, 3.8) is 0 Å². The molecule has 5 nitrogen and oxygen atoms in total. The molecule has 6 heteroatoms. The quantitative estimate of drug-likeness (QED) is 0.795. The number of aryl methyl sites for hydroxylation is 1. The van der Waals surface area contributed by atoms with Gasteiger partial charge >= 0.3 is 0 Å². The number of aliphatic hydroxyl groups is 1. The fourth-order valence-corrected chi connectivity index (χ4v) is 2.65. The number of hydrogen-bond donors (Lipinski definition) is 1. The highest BCUT2D eigenvalue weighted by Gasteiger charge is 2.26. The zero-order valence-electron chi connectivity index (χ0n) is 13.5. The molecule has 2 aromatic carbocycles. The van der Waals surface area contributed by atoms with Gasteiger partial charge in [-0.2, -0.15) is 0 Å². The number of imide groups is 1. The van der Waals surface area contributed by atoms with Gasteiger partial charge in [-0.1, -0.05) is 28.1 Å². The molecular formula is C18H18BrNO4. The minimum atomic E-state index is -0.502. The van der Waals surface area contributed by atoms with Crippen LogP contribution >= 0.6 is 15.9 Å². The first-order valence-electron chi connectivity index (χ1n) is 7.35. The molecule has 0 spiro atoms. The van der Waals surface area contributed by atoms with Crippen molar-refractivity contribution in [2.45, 2.75) is 6.92 Å². The minimum absolute atomic E-state index is 0.0924. The SMILES string of the molecule is COc1c(C)cccc1C(=O)N(CCO)C(=O)c1ccc(Br)cc1. The maximum atomic E-state index is 12.9. The van der Waals surface area contributed by atoms with Crippen LogP contribution in [0, 0.1) is 6.92 Å². The highest BCUT2D eigenvalue weighted by atomic mass is 79.9. The van der Waals surface area contributed by atoms with Crippen LogP contribution in [0.15, 0.2) is 46.9 Å². The molecule has 24 heavy (non-hydrogen) atoms. The van der Waals surface area contributed by atoms with Crippen molar-refractivity contribution in [2.75, 3.05) is 20.3 Å². The first kappa shape index (κ1) is 18.2. The van der Waals surface area contributed by atoms with Crippen LogP contribution in [0.1, 0.15) is 26.3 Å². The maximum Gasteiger partial charge on any atom is 0.264 e. The third-order valence-corrected chi connectivity index (χ3v) is 4.08. The van der Waals surface area contributed by atoms with E-state index < -0.39 is 11.8 Å². The molecule has 0 atom stereocenters. The molecule has 0 saturated heterocycles. The fraction of sp³-hybridized carbons (Fsp3) is 0.222. The van der Waals surface area contributed by atoms with Gasteiger partial charge in [0, 0.05) is 10.0 Å². The summed E-state index contributed by atoms with van der Waals surface area (Å²) in [5, 5.41) is 9.27. The van der Waals surface area contributed by atoms with Gasteiger partial charge in [-0.15, -0.1) is 0 Å². The predicted molar refractivity (Wildman–Crippen MR) is 94.3 cm³/mol. The summed E-state index contributed by atoms with van der Waals surface area (Å²) in [5.74, 6) is -0.545. The molecule has 0 saturated carbocycles. The number of rotatable bonds is 5. The van der Waals surface area contributed by atoms with Crippen molar-refractivity contribution in [2.24, 2.45) is 0 Å². The van der Waals surface area contributed by atoms with Crippen LogP contribution in [0.2, 0.25) is 0 Å². The molecule has 126 valence electrons. The lowest BCUT2D eigenvalue weighted by atomic mass is 10.1. The smallest absolute Gasteiger partial charge is 0.264 e. The van der Waals surface area contributed by atoms with Crippen LogP contribution in [0.4, 0.5) is 0 Å². The van der Waals surface area contributed by atoms with E-state index in [0.29, 0.717) is 11.3 Å². The maximum absolute atomic E-state index is 12.9. The average Bonchev–Trinajstić information content (AvgIpc) is 2.59. The van der Waals surface area contributed by atoms with Gasteiger partial charge in [0.2, 0.25) is 0 Å². The van der Waals surface area contributed by atoms with Gasteiger partial charge in [-0.05, 0) is 42.8 Å². The second kappa shape index (κ2) is 8.08. The van der Waals surface area contributed by atoms with Crippen molar-refractivity contribution >= 4 is 27.7 Å². The van der Waals surface area contributed by atoms with Gasteiger partial charge in [0.05, 0.1) is 25.8 Å². The van der Waals surface area contributed by atoms with E-state index in [-0.39, 0.29) is 18.7 Å². The monoisotopic (exact) mass is 391 g/mol. The molecule has 0 radical (unpaired) electrons. The molecule has 0 bridgehead atoms. The molecule has 0 aromatic heterocycles. The summed E-state index contributed by atoms with van der Waals surface area (Å²) in [4.78, 5) is 26.6. The van der Waals surface area contributed by atoms with Gasteiger partial charge in [0.25, 0.3) is 11.8 Å². The van der Waals surface area contributed by atoms with Crippen LogP contribution in [-0.2, 0) is 0 Å². The molecular weight excluding hydrogens is 374 g/mol. The summed E-state index contributed by atoms with van der Waals surface area (Å²) in [6.45, 7) is 1.41. The van der Waals surface area contributed by atoms with Crippen molar-refractivity contribution in [3.05, 3.63) is 63.6 Å². The number of amides is 2. The van der Waals surface area contributed by atoms with Crippen LogP contribution in [-0.4, -0.2) is 42.1 Å². The summed E-state index contributed by atoms with van der Waals surface area (Å²) < 4.78 is 6.13. The van der Waals surface area contributed by atoms with E-state index in [1.165, 1.54) is 7.11 Å². The topological polar surface area (TPSA) is 66.8 Å². The third-order valence-electron chi connectivity index (χ3n) is 3.55. The van der Waals surface area contributed by atoms with Crippen molar-refractivity contribution < 1.29 is 19.4 Å². The van der Waals surface area contributed by atoms with Crippen molar-refractivity contribution in [3.8, 4) is 5.75 Å². The lowest BCUT2D eigenvalue weighted by molar-refractivity contribution is 0.0584. The molecule has 0 fully saturated rings. The van der Waals surface area contributed by atoms with E-state index in [0.717, 1.165) is 14.9 Å². The number of hydrogen-bond acceptors (Lipinski definition) is 4. The number of ether oxygens (including phenoxy) is 1. The van der Waals surface area contributed by atoms with Gasteiger partial charge in [-0.25, -0.2) is 0 Å². The predicted octanol–water partition coefficient (Wildman–Crippen LogP) is 3.04. The lowest BCUT2D eigenvalue weighted by Gasteiger charge is -2.21. The number of halogens is 1. The Morgan fingerprint density at radius 1 is 1.12 bits per heavy atom. The molecule has 0 aliphatic carbocycles. The van der Waals surface area contributed by atoms with E-state index in [1.54, 1.807) is 36.4 Å². The Kier molecular flexibility index (Phi) is 6.11. The fourth-order valence-electron chi connectivity index (χ4n) is 2.38. The number of benzene rings is 2. The Balaban J connectivity index is 2.40. The van der Waals surface area contributed by atoms with Gasteiger partial charge < -0.3 is 9.84 Å². The molecule has 0 heterocycles. The first-order valence-corrected chi connectivity index (χ1v) is 8.15. The number of nitrogens with zero attached hydrogens (tertiary/aromatic N) is 1. The second-order valence-electron chi connectivity index (χ2n) is 5.15. The summed E-state index contributed by atoms with van der Waals surface area (Å²) >= 11 is 3.31. The standard InChI is InChI=1S/C18H18BrNO4/c1-12-4-3-5-15(16(12)24-2)18(23)20(10-11-21)17(22)13-6-8-14(19)9-7-13/h3-9,21H,10-11H2,1-2H3. The molecule has 0 unspecified atom stereocenters. The average molecular weight is 392 g/mol. The number of aliphatic hydroxyl groups excluding tert-OH is 1. The van der Waals surface area contributed by atoms with Crippen LogP contribution < -0.4 is 4.74 Å². The van der Waals surface area contributed by atoms with Crippen LogP contribution in [0.3, 0.4) is 0 Å².